The van der Waals surface area contributed by atoms with E-state index in [2.05, 4.69) is 10.4 Å². The molecule has 6 heteroatoms. The normalized spacial score (nSPS) is 11.8. The summed E-state index contributed by atoms with van der Waals surface area (Å²) >= 11 is 5.90. The highest BCUT2D eigenvalue weighted by Crippen LogP contribution is 2.21. The van der Waals surface area contributed by atoms with Crippen LogP contribution in [0.4, 0.5) is 0 Å². The number of aromatic nitrogens is 2. The average molecular weight is 370 g/mol. The van der Waals surface area contributed by atoms with Gasteiger partial charge in [-0.05, 0) is 48.4 Å². The van der Waals surface area contributed by atoms with Crippen LogP contribution in [-0.4, -0.2) is 22.8 Å². The van der Waals surface area contributed by atoms with E-state index in [9.17, 15) is 4.79 Å². The molecule has 1 atom stereocenters. The Balaban J connectivity index is 1.73. The van der Waals surface area contributed by atoms with Crippen LogP contribution in [-0.2, 0) is 0 Å². The third-order valence-corrected chi connectivity index (χ3v) is 4.42. The highest BCUT2D eigenvalue weighted by molar-refractivity contribution is 6.30. The van der Waals surface area contributed by atoms with E-state index in [-0.39, 0.29) is 11.9 Å². The molecule has 0 aliphatic rings. The van der Waals surface area contributed by atoms with Gasteiger partial charge in [-0.1, -0.05) is 30.7 Å². The first kappa shape index (κ1) is 18.0. The number of amides is 1. The summed E-state index contributed by atoms with van der Waals surface area (Å²) in [5.41, 5.74) is 2.38. The van der Waals surface area contributed by atoms with Gasteiger partial charge in [0.1, 0.15) is 5.75 Å². The summed E-state index contributed by atoms with van der Waals surface area (Å²) in [4.78, 5) is 12.6. The Labute approximate surface area is 157 Å². The van der Waals surface area contributed by atoms with Crippen molar-refractivity contribution in [3.63, 3.8) is 0 Å². The molecule has 0 saturated carbocycles. The standard InChI is InChI=1S/C20H20ClN3O2/c1-3-19(14-4-10-18(26-2)11-5-14)23-20(25)15-12-22-24(13-15)17-8-6-16(21)7-9-17/h4-13,19H,3H2,1-2H3,(H,23,25). The molecule has 26 heavy (non-hydrogen) atoms. The number of ether oxygens (including phenoxy) is 1. The monoisotopic (exact) mass is 369 g/mol. The van der Waals surface area contributed by atoms with Crippen LogP contribution in [0.2, 0.25) is 5.02 Å². The quantitative estimate of drug-likeness (QED) is 0.700. The molecule has 0 radical (unpaired) electrons. The van der Waals surface area contributed by atoms with Crippen molar-refractivity contribution in [2.75, 3.05) is 7.11 Å². The Morgan fingerprint density at radius 1 is 1.19 bits per heavy atom. The minimum atomic E-state index is -0.159. The predicted molar refractivity (Wildman–Crippen MR) is 102 cm³/mol. The van der Waals surface area contributed by atoms with Crippen LogP contribution in [0.1, 0.15) is 35.3 Å². The summed E-state index contributed by atoms with van der Waals surface area (Å²) in [5.74, 6) is 0.632. The lowest BCUT2D eigenvalue weighted by molar-refractivity contribution is 0.0935. The van der Waals surface area contributed by atoms with Crippen LogP contribution >= 0.6 is 11.6 Å². The molecule has 3 aromatic rings. The minimum Gasteiger partial charge on any atom is -0.497 e. The fourth-order valence-electron chi connectivity index (χ4n) is 2.67. The number of hydrogen-bond donors (Lipinski definition) is 1. The van der Waals surface area contributed by atoms with Crippen molar-refractivity contribution in [2.45, 2.75) is 19.4 Å². The highest BCUT2D eigenvalue weighted by atomic mass is 35.5. The average Bonchev–Trinajstić information content (AvgIpc) is 3.17. The van der Waals surface area contributed by atoms with E-state index in [0.29, 0.717) is 10.6 Å². The van der Waals surface area contributed by atoms with Gasteiger partial charge >= 0.3 is 0 Å². The summed E-state index contributed by atoms with van der Waals surface area (Å²) < 4.78 is 6.83. The third-order valence-electron chi connectivity index (χ3n) is 4.17. The first-order valence-electron chi connectivity index (χ1n) is 8.36. The molecule has 0 aliphatic carbocycles. The van der Waals surface area contributed by atoms with Gasteiger partial charge in [0, 0.05) is 11.2 Å². The van der Waals surface area contributed by atoms with Gasteiger partial charge in [0.2, 0.25) is 0 Å². The Bertz CT molecular complexity index is 873. The zero-order valence-electron chi connectivity index (χ0n) is 14.6. The molecular formula is C20H20ClN3O2. The smallest absolute Gasteiger partial charge is 0.254 e. The number of halogens is 1. The maximum absolute atomic E-state index is 12.6. The van der Waals surface area contributed by atoms with Gasteiger partial charge in [0.15, 0.2) is 0 Å². The molecule has 1 amide bonds. The zero-order chi connectivity index (χ0) is 18.5. The second-order valence-electron chi connectivity index (χ2n) is 5.86. The van der Waals surface area contributed by atoms with Crippen molar-refractivity contribution in [1.82, 2.24) is 15.1 Å². The molecule has 0 fully saturated rings. The zero-order valence-corrected chi connectivity index (χ0v) is 15.4. The molecule has 2 aromatic carbocycles. The molecule has 0 aliphatic heterocycles. The lowest BCUT2D eigenvalue weighted by atomic mass is 10.0. The van der Waals surface area contributed by atoms with Gasteiger partial charge in [-0.15, -0.1) is 0 Å². The van der Waals surface area contributed by atoms with E-state index >= 15 is 0 Å². The number of nitrogens with zero attached hydrogens (tertiary/aromatic N) is 2. The summed E-state index contributed by atoms with van der Waals surface area (Å²) in [5, 5.41) is 7.98. The largest absolute Gasteiger partial charge is 0.497 e. The van der Waals surface area contributed by atoms with Gasteiger partial charge < -0.3 is 10.1 Å². The van der Waals surface area contributed by atoms with E-state index < -0.39 is 0 Å². The number of rotatable bonds is 6. The number of carbonyl (C=O) groups is 1. The van der Waals surface area contributed by atoms with Gasteiger partial charge in [-0.2, -0.15) is 5.10 Å². The first-order valence-corrected chi connectivity index (χ1v) is 8.74. The topological polar surface area (TPSA) is 56.2 Å². The Morgan fingerprint density at radius 2 is 1.88 bits per heavy atom. The van der Waals surface area contributed by atoms with Crippen LogP contribution in [0.25, 0.3) is 5.69 Å². The number of methoxy groups -OCH3 is 1. The van der Waals surface area contributed by atoms with Crippen LogP contribution in [0.3, 0.4) is 0 Å². The Hall–Kier alpha value is -2.79. The highest BCUT2D eigenvalue weighted by Gasteiger charge is 2.16. The van der Waals surface area contributed by atoms with Crippen LogP contribution < -0.4 is 10.1 Å². The van der Waals surface area contributed by atoms with Gasteiger partial charge in [0.25, 0.3) is 5.91 Å². The molecule has 1 aromatic heterocycles. The van der Waals surface area contributed by atoms with Crippen LogP contribution in [0.5, 0.6) is 5.75 Å². The molecule has 0 spiro atoms. The van der Waals surface area contributed by atoms with Crippen molar-refractivity contribution in [1.29, 1.82) is 0 Å². The maximum Gasteiger partial charge on any atom is 0.254 e. The number of carbonyl (C=O) groups excluding carboxylic acids is 1. The van der Waals surface area contributed by atoms with Crippen molar-refractivity contribution in [3.8, 4) is 11.4 Å². The second-order valence-corrected chi connectivity index (χ2v) is 6.29. The summed E-state index contributed by atoms with van der Waals surface area (Å²) in [6, 6.07) is 14.9. The maximum atomic E-state index is 12.6. The van der Waals surface area contributed by atoms with Crippen molar-refractivity contribution in [3.05, 3.63) is 77.1 Å². The molecular weight excluding hydrogens is 350 g/mol. The van der Waals surface area contributed by atoms with E-state index in [0.717, 1.165) is 23.4 Å². The predicted octanol–water partition coefficient (Wildman–Crippen LogP) is 4.42. The van der Waals surface area contributed by atoms with Gasteiger partial charge in [-0.25, -0.2) is 4.68 Å². The van der Waals surface area contributed by atoms with E-state index in [1.165, 1.54) is 0 Å². The Kier molecular flexibility index (Phi) is 5.58. The molecule has 0 bridgehead atoms. The molecule has 0 saturated heterocycles. The molecule has 1 heterocycles. The fourth-order valence-corrected chi connectivity index (χ4v) is 2.80. The lowest BCUT2D eigenvalue weighted by Gasteiger charge is -2.17. The van der Waals surface area contributed by atoms with Gasteiger partial charge in [0.05, 0.1) is 30.6 Å². The molecule has 1 N–H and O–H groups in total. The SMILES string of the molecule is CCC(NC(=O)c1cnn(-c2ccc(Cl)cc2)c1)c1ccc(OC)cc1. The molecule has 5 nitrogen and oxygen atoms in total. The number of hydrogen-bond acceptors (Lipinski definition) is 3. The second kappa shape index (κ2) is 8.06. The fraction of sp³-hybridized carbons (Fsp3) is 0.200. The molecule has 1 unspecified atom stereocenters. The summed E-state index contributed by atoms with van der Waals surface area (Å²) in [6.07, 6.45) is 4.05. The lowest BCUT2D eigenvalue weighted by Crippen LogP contribution is -2.27. The molecule has 134 valence electrons. The molecule has 3 rings (SSSR count). The van der Waals surface area contributed by atoms with Gasteiger partial charge in [-0.3, -0.25) is 4.79 Å². The van der Waals surface area contributed by atoms with E-state index in [1.807, 2.05) is 43.3 Å². The summed E-state index contributed by atoms with van der Waals surface area (Å²) in [7, 11) is 1.63. The van der Waals surface area contributed by atoms with Crippen molar-refractivity contribution in [2.24, 2.45) is 0 Å². The number of benzene rings is 2. The minimum absolute atomic E-state index is 0.0766. The van der Waals surface area contributed by atoms with Crippen molar-refractivity contribution < 1.29 is 9.53 Å². The van der Waals surface area contributed by atoms with E-state index in [4.69, 9.17) is 16.3 Å². The number of nitrogens with one attached hydrogen (secondary N) is 1. The van der Waals surface area contributed by atoms with Crippen LogP contribution in [0, 0.1) is 0 Å². The third kappa shape index (κ3) is 4.06. The summed E-state index contributed by atoms with van der Waals surface area (Å²) in [6.45, 7) is 2.03. The van der Waals surface area contributed by atoms with Crippen LogP contribution in [0.15, 0.2) is 60.9 Å². The van der Waals surface area contributed by atoms with E-state index in [1.54, 1.807) is 36.3 Å². The first-order chi connectivity index (χ1) is 12.6. The Morgan fingerprint density at radius 3 is 2.50 bits per heavy atom. The van der Waals surface area contributed by atoms with Crippen molar-refractivity contribution >= 4 is 17.5 Å².